The summed E-state index contributed by atoms with van der Waals surface area (Å²) < 4.78 is 3.15. The Hall–Kier alpha value is -2.71. The molecule has 0 aliphatic carbocycles. The Labute approximate surface area is 139 Å². The Morgan fingerprint density at radius 3 is 2.62 bits per heavy atom. The summed E-state index contributed by atoms with van der Waals surface area (Å²) in [6.45, 7) is 3.05. The first kappa shape index (κ1) is 16.2. The number of nitrogens with zero attached hydrogens (tertiary/aromatic N) is 6. The van der Waals surface area contributed by atoms with Crippen LogP contribution in [-0.2, 0) is 11.8 Å². The Morgan fingerprint density at radius 2 is 2.04 bits per heavy atom. The van der Waals surface area contributed by atoms with Gasteiger partial charge >= 0.3 is 0 Å². The van der Waals surface area contributed by atoms with Crippen LogP contribution in [-0.4, -0.2) is 60.4 Å². The first-order valence-corrected chi connectivity index (χ1v) is 7.97. The molecule has 1 aliphatic heterocycles. The molecule has 24 heavy (non-hydrogen) atoms. The molecule has 1 fully saturated rings. The quantitative estimate of drug-likeness (QED) is 0.850. The van der Waals surface area contributed by atoms with E-state index in [1.165, 1.54) is 6.33 Å². The third kappa shape index (κ3) is 3.44. The molecule has 0 spiro atoms. The highest BCUT2D eigenvalue weighted by molar-refractivity contribution is 5.93. The van der Waals surface area contributed by atoms with Crippen molar-refractivity contribution in [1.82, 2.24) is 34.8 Å². The number of carbonyl (C=O) groups is 2. The molecule has 9 heteroatoms. The zero-order valence-electron chi connectivity index (χ0n) is 13.8. The van der Waals surface area contributed by atoms with Crippen LogP contribution >= 0.6 is 0 Å². The van der Waals surface area contributed by atoms with Gasteiger partial charge < -0.3 is 10.2 Å². The predicted molar refractivity (Wildman–Crippen MR) is 85.0 cm³/mol. The van der Waals surface area contributed by atoms with Gasteiger partial charge in [0.05, 0.1) is 11.8 Å². The number of aryl methyl sites for hydroxylation is 1. The van der Waals surface area contributed by atoms with Gasteiger partial charge in [0.2, 0.25) is 5.91 Å². The summed E-state index contributed by atoms with van der Waals surface area (Å²) >= 11 is 0. The van der Waals surface area contributed by atoms with Crippen molar-refractivity contribution < 1.29 is 9.59 Å². The highest BCUT2D eigenvalue weighted by Crippen LogP contribution is 2.16. The van der Waals surface area contributed by atoms with Crippen LogP contribution in [0.2, 0.25) is 0 Å². The molecule has 1 unspecified atom stereocenters. The van der Waals surface area contributed by atoms with Gasteiger partial charge in [0.1, 0.15) is 18.7 Å². The molecule has 0 bridgehead atoms. The number of amides is 2. The van der Waals surface area contributed by atoms with Crippen molar-refractivity contribution >= 4 is 11.8 Å². The van der Waals surface area contributed by atoms with Crippen LogP contribution in [0.4, 0.5) is 0 Å². The smallest absolute Gasteiger partial charge is 0.254 e. The van der Waals surface area contributed by atoms with Gasteiger partial charge in [0.25, 0.3) is 5.91 Å². The maximum atomic E-state index is 12.5. The lowest BCUT2D eigenvalue weighted by Crippen LogP contribution is -2.48. The lowest BCUT2D eigenvalue weighted by molar-refractivity contribution is -0.135. The SMILES string of the molecule is CC(C(=O)N1CCC(NC(=O)c2cnn(C)c2)CC1)n1cncn1. The fourth-order valence-corrected chi connectivity index (χ4v) is 2.85. The molecule has 2 aromatic rings. The van der Waals surface area contributed by atoms with E-state index >= 15 is 0 Å². The van der Waals surface area contributed by atoms with Gasteiger partial charge in [-0.05, 0) is 19.8 Å². The number of carbonyl (C=O) groups excluding carboxylic acids is 2. The summed E-state index contributed by atoms with van der Waals surface area (Å²) in [6, 6.07) is -0.294. The van der Waals surface area contributed by atoms with Gasteiger partial charge in [-0.1, -0.05) is 0 Å². The van der Waals surface area contributed by atoms with Crippen molar-refractivity contribution in [1.29, 1.82) is 0 Å². The first-order valence-electron chi connectivity index (χ1n) is 7.97. The summed E-state index contributed by atoms with van der Waals surface area (Å²) in [5, 5.41) is 11.0. The topological polar surface area (TPSA) is 97.9 Å². The van der Waals surface area contributed by atoms with Crippen LogP contribution in [0.25, 0.3) is 0 Å². The molecule has 128 valence electrons. The fourth-order valence-electron chi connectivity index (χ4n) is 2.85. The van der Waals surface area contributed by atoms with Gasteiger partial charge in [-0.15, -0.1) is 0 Å². The molecular weight excluding hydrogens is 310 g/mol. The first-order chi connectivity index (χ1) is 11.5. The van der Waals surface area contributed by atoms with E-state index in [1.54, 1.807) is 35.1 Å². The molecule has 1 atom stereocenters. The molecule has 1 N–H and O–H groups in total. The van der Waals surface area contributed by atoms with Crippen LogP contribution in [0.1, 0.15) is 36.2 Å². The maximum absolute atomic E-state index is 12.5. The van der Waals surface area contributed by atoms with Crippen LogP contribution in [0.3, 0.4) is 0 Å². The highest BCUT2D eigenvalue weighted by Gasteiger charge is 2.28. The Kier molecular flexibility index (Phi) is 4.59. The van der Waals surface area contributed by atoms with Crippen LogP contribution in [0, 0.1) is 0 Å². The van der Waals surface area contributed by atoms with Gasteiger partial charge in [0, 0.05) is 32.4 Å². The predicted octanol–water partition coefficient (Wildman–Crippen LogP) is -0.00640. The minimum Gasteiger partial charge on any atom is -0.349 e. The molecule has 1 aliphatic rings. The average Bonchev–Trinajstić information content (AvgIpc) is 3.26. The fraction of sp³-hybridized carbons (Fsp3) is 0.533. The molecule has 3 rings (SSSR count). The Morgan fingerprint density at radius 1 is 1.29 bits per heavy atom. The highest BCUT2D eigenvalue weighted by atomic mass is 16.2. The number of aromatic nitrogens is 5. The van der Waals surface area contributed by atoms with Gasteiger partial charge in [-0.25, -0.2) is 9.67 Å². The lowest BCUT2D eigenvalue weighted by Gasteiger charge is -2.33. The zero-order chi connectivity index (χ0) is 17.1. The van der Waals surface area contributed by atoms with E-state index in [2.05, 4.69) is 20.5 Å². The number of likely N-dealkylation sites (tertiary alicyclic amines) is 1. The van der Waals surface area contributed by atoms with E-state index in [-0.39, 0.29) is 23.9 Å². The number of rotatable bonds is 4. The van der Waals surface area contributed by atoms with Gasteiger partial charge in [-0.3, -0.25) is 14.3 Å². The molecule has 0 radical (unpaired) electrons. The zero-order valence-corrected chi connectivity index (χ0v) is 13.8. The second-order valence-corrected chi connectivity index (χ2v) is 6.03. The van der Waals surface area contributed by atoms with Crippen molar-refractivity contribution in [2.45, 2.75) is 31.8 Å². The van der Waals surface area contributed by atoms with E-state index in [9.17, 15) is 9.59 Å². The van der Waals surface area contributed by atoms with Gasteiger partial charge in [0.15, 0.2) is 0 Å². The summed E-state index contributed by atoms with van der Waals surface area (Å²) in [6.07, 6.45) is 7.68. The molecule has 0 saturated carbocycles. The van der Waals surface area contributed by atoms with E-state index in [1.807, 2.05) is 11.8 Å². The van der Waals surface area contributed by atoms with Crippen molar-refractivity contribution in [3.8, 4) is 0 Å². The third-order valence-corrected chi connectivity index (χ3v) is 4.30. The van der Waals surface area contributed by atoms with Crippen molar-refractivity contribution in [2.75, 3.05) is 13.1 Å². The number of nitrogens with one attached hydrogen (secondary N) is 1. The molecular formula is C15H21N7O2. The Balaban J connectivity index is 1.50. The van der Waals surface area contributed by atoms with Crippen molar-refractivity contribution in [3.05, 3.63) is 30.6 Å². The second-order valence-electron chi connectivity index (χ2n) is 6.03. The monoisotopic (exact) mass is 331 g/mol. The van der Waals surface area contributed by atoms with E-state index in [0.29, 0.717) is 18.7 Å². The lowest BCUT2D eigenvalue weighted by atomic mass is 10.0. The number of piperidine rings is 1. The molecule has 1 saturated heterocycles. The van der Waals surface area contributed by atoms with E-state index in [4.69, 9.17) is 0 Å². The van der Waals surface area contributed by atoms with Crippen LogP contribution in [0.15, 0.2) is 25.0 Å². The minimum atomic E-state index is -0.367. The van der Waals surface area contributed by atoms with Crippen LogP contribution in [0.5, 0.6) is 0 Å². The molecule has 9 nitrogen and oxygen atoms in total. The maximum Gasteiger partial charge on any atom is 0.254 e. The molecule has 0 aromatic carbocycles. The minimum absolute atomic E-state index is 0.0255. The third-order valence-electron chi connectivity index (χ3n) is 4.30. The van der Waals surface area contributed by atoms with Gasteiger partial charge in [-0.2, -0.15) is 10.2 Å². The number of hydrogen-bond donors (Lipinski definition) is 1. The largest absolute Gasteiger partial charge is 0.349 e. The van der Waals surface area contributed by atoms with E-state index < -0.39 is 0 Å². The van der Waals surface area contributed by atoms with Crippen molar-refractivity contribution in [2.24, 2.45) is 7.05 Å². The molecule has 3 heterocycles. The van der Waals surface area contributed by atoms with Crippen LogP contribution < -0.4 is 5.32 Å². The normalized spacial score (nSPS) is 16.8. The molecule has 2 aromatic heterocycles. The van der Waals surface area contributed by atoms with Crippen molar-refractivity contribution in [3.63, 3.8) is 0 Å². The average molecular weight is 331 g/mol. The Bertz CT molecular complexity index is 701. The molecule has 2 amide bonds. The summed E-state index contributed by atoms with van der Waals surface area (Å²) in [5.41, 5.74) is 0.552. The summed E-state index contributed by atoms with van der Waals surface area (Å²) in [5.74, 6) is -0.0959. The summed E-state index contributed by atoms with van der Waals surface area (Å²) in [4.78, 5) is 30.3. The summed E-state index contributed by atoms with van der Waals surface area (Å²) in [7, 11) is 1.77. The number of hydrogen-bond acceptors (Lipinski definition) is 5. The van der Waals surface area contributed by atoms with E-state index in [0.717, 1.165) is 12.8 Å². The second kappa shape index (κ2) is 6.81. The standard InChI is InChI=1S/C15H21N7O2/c1-11(22-10-16-9-18-22)15(24)21-5-3-13(4-6-21)19-14(23)12-7-17-20(2)8-12/h7-11,13H,3-6H2,1-2H3,(H,19,23).